The molecule has 2 nitrogen and oxygen atoms in total. The predicted molar refractivity (Wildman–Crippen MR) is 251 cm³/mol. The van der Waals surface area contributed by atoms with E-state index in [1.54, 1.807) is 0 Å². The number of hydrogen-bond donors (Lipinski definition) is 0. The van der Waals surface area contributed by atoms with Crippen LogP contribution in [0.2, 0.25) is 0 Å². The highest BCUT2D eigenvalue weighted by molar-refractivity contribution is 6.14. The summed E-state index contributed by atoms with van der Waals surface area (Å²) in [4.78, 5) is 5.83. The fourth-order valence-electron chi connectivity index (χ4n) is 10.4. The molecule has 0 spiro atoms. The molecular formula is C57H52N2. The molecule has 0 N–H and O–H groups in total. The van der Waals surface area contributed by atoms with Gasteiger partial charge in [-0.3, -0.25) is 4.99 Å². The van der Waals surface area contributed by atoms with Crippen molar-refractivity contribution in [1.82, 2.24) is 4.57 Å². The first-order chi connectivity index (χ1) is 28.8. The van der Waals surface area contributed by atoms with Crippen LogP contribution in [-0.4, -0.2) is 10.3 Å². The minimum absolute atomic E-state index is 0.119. The molecule has 2 unspecified atom stereocenters. The van der Waals surface area contributed by atoms with E-state index in [1.807, 2.05) is 0 Å². The zero-order chi connectivity index (χ0) is 40.3. The van der Waals surface area contributed by atoms with Crippen molar-refractivity contribution >= 4 is 33.1 Å². The molecule has 0 saturated heterocycles. The Labute approximate surface area is 349 Å². The number of aromatic nitrogens is 1. The van der Waals surface area contributed by atoms with Crippen LogP contribution in [0, 0.1) is 11.8 Å². The first-order valence-electron chi connectivity index (χ1n) is 21.7. The molecule has 59 heavy (non-hydrogen) atoms. The number of benzene rings is 6. The zero-order valence-electron chi connectivity index (χ0n) is 35.0. The van der Waals surface area contributed by atoms with Gasteiger partial charge in [0.1, 0.15) is 0 Å². The first-order valence-corrected chi connectivity index (χ1v) is 21.7. The Balaban J connectivity index is 1.19. The van der Waals surface area contributed by atoms with E-state index in [-0.39, 0.29) is 17.3 Å². The highest BCUT2D eigenvalue weighted by atomic mass is 15.0. The molecule has 2 heteroatoms. The molecule has 290 valence electrons. The topological polar surface area (TPSA) is 17.3 Å². The lowest BCUT2D eigenvalue weighted by Crippen LogP contribution is -2.20. The Hall–Kier alpha value is -6.25. The molecule has 0 fully saturated rings. The highest BCUT2D eigenvalue weighted by Gasteiger charge is 2.38. The zero-order valence-corrected chi connectivity index (χ0v) is 35.0. The summed E-state index contributed by atoms with van der Waals surface area (Å²) in [6.45, 7) is 11.8. The van der Waals surface area contributed by atoms with Gasteiger partial charge in [0.05, 0.1) is 22.4 Å². The fraction of sp³-hybridized carbons (Fsp3) is 0.211. The van der Waals surface area contributed by atoms with E-state index in [9.17, 15) is 0 Å². The summed E-state index contributed by atoms with van der Waals surface area (Å²) in [6, 6.07) is 51.8. The molecule has 1 aliphatic heterocycles. The molecule has 2 heterocycles. The molecule has 3 aliphatic rings. The van der Waals surface area contributed by atoms with Crippen molar-refractivity contribution in [3.63, 3.8) is 0 Å². The first kappa shape index (κ1) is 37.0. The number of aliphatic imine (C=N–C) groups is 1. The van der Waals surface area contributed by atoms with Gasteiger partial charge in [0, 0.05) is 33.7 Å². The van der Waals surface area contributed by atoms with Crippen LogP contribution in [-0.2, 0) is 5.41 Å². The van der Waals surface area contributed by atoms with E-state index in [4.69, 9.17) is 4.99 Å². The Kier molecular flexibility index (Phi) is 9.32. The summed E-state index contributed by atoms with van der Waals surface area (Å²) >= 11 is 0. The van der Waals surface area contributed by atoms with E-state index in [0.717, 1.165) is 42.8 Å². The van der Waals surface area contributed by atoms with Gasteiger partial charge >= 0.3 is 0 Å². The number of rotatable bonds is 7. The normalized spacial score (nSPS) is 20.7. The average Bonchev–Trinajstić information content (AvgIpc) is 3.73. The second-order valence-electron chi connectivity index (χ2n) is 17.3. The van der Waals surface area contributed by atoms with Crippen LogP contribution < -0.4 is 0 Å². The van der Waals surface area contributed by atoms with E-state index >= 15 is 0 Å². The lowest BCUT2D eigenvalue weighted by molar-refractivity contribution is 0.666. The summed E-state index contributed by atoms with van der Waals surface area (Å²) in [5.74, 6) is 0.297. The maximum absolute atomic E-state index is 5.83. The Bertz CT molecular complexity index is 2940. The van der Waals surface area contributed by atoms with Gasteiger partial charge in [-0.05, 0) is 112 Å². The average molecular weight is 765 g/mol. The van der Waals surface area contributed by atoms with Gasteiger partial charge in [0.25, 0.3) is 0 Å². The number of hydrogen-bond acceptors (Lipinski definition) is 1. The summed E-state index contributed by atoms with van der Waals surface area (Å²) in [6.07, 6.45) is 13.8. The van der Waals surface area contributed by atoms with Gasteiger partial charge in [-0.1, -0.05) is 174 Å². The third kappa shape index (κ3) is 6.11. The lowest BCUT2D eigenvalue weighted by atomic mass is 9.78. The van der Waals surface area contributed by atoms with Crippen LogP contribution >= 0.6 is 0 Å². The minimum Gasteiger partial charge on any atom is -0.309 e. The van der Waals surface area contributed by atoms with Gasteiger partial charge in [0.2, 0.25) is 0 Å². The molecule has 0 bridgehead atoms. The van der Waals surface area contributed by atoms with Gasteiger partial charge in [-0.2, -0.15) is 0 Å². The quantitative estimate of drug-likeness (QED) is 0.154. The molecule has 6 aromatic carbocycles. The standard InChI is InChI=1S/C57H52N2/c1-6-20-41-36-49(45-28-14-13-27-44(45)39-21-9-7-10-22-39)37(2)38(3)55(40-23-11-8-12-24-40)58-56(41)42-25-19-26-43(35-42)59-51-32-18-16-30-48(51)53-52(59)34-33-47-46-29-15-17-31-50(46)57(4,5)54(47)53/h7,9-11,13-19,21-37,41H,6,8,12,20H2,1-5H3/b49-36+,55-38-,58-56?. The predicted octanol–water partition coefficient (Wildman–Crippen LogP) is 15.2. The Morgan fingerprint density at radius 3 is 2.22 bits per heavy atom. The second kappa shape index (κ2) is 14.8. The van der Waals surface area contributed by atoms with E-state index in [1.165, 1.54) is 83.0 Å². The van der Waals surface area contributed by atoms with E-state index in [0.29, 0.717) is 0 Å². The summed E-state index contributed by atoms with van der Waals surface area (Å²) in [5.41, 5.74) is 20.2. The molecule has 10 rings (SSSR count). The number of fused-ring (bicyclic) bond motifs is 7. The summed E-state index contributed by atoms with van der Waals surface area (Å²) < 4.78 is 2.50. The maximum atomic E-state index is 5.83. The van der Waals surface area contributed by atoms with Gasteiger partial charge in [0.15, 0.2) is 0 Å². The van der Waals surface area contributed by atoms with Crippen molar-refractivity contribution in [2.24, 2.45) is 16.8 Å². The van der Waals surface area contributed by atoms with Crippen molar-refractivity contribution < 1.29 is 0 Å². The van der Waals surface area contributed by atoms with Crippen LogP contribution in [0.3, 0.4) is 0 Å². The SMILES string of the molecule is CCCC1/C=C(/c2ccccc2-c2ccccc2)C(C)/C(C)=C(/C2=CCCC=C2)N=C1c1cccc(-n2c3ccccc3c3c4c(ccc32)-c2ccccc2C4(C)C)c1. The van der Waals surface area contributed by atoms with Crippen molar-refractivity contribution in [2.45, 2.75) is 65.7 Å². The minimum atomic E-state index is -0.119. The monoisotopic (exact) mass is 764 g/mol. The van der Waals surface area contributed by atoms with Crippen LogP contribution in [0.25, 0.3) is 55.3 Å². The van der Waals surface area contributed by atoms with Crippen molar-refractivity contribution in [2.75, 3.05) is 0 Å². The molecule has 7 aromatic rings. The second-order valence-corrected chi connectivity index (χ2v) is 17.3. The molecule has 0 radical (unpaired) electrons. The number of para-hydroxylation sites is 1. The van der Waals surface area contributed by atoms with Crippen molar-refractivity contribution in [1.29, 1.82) is 0 Å². The third-order valence-corrected chi connectivity index (χ3v) is 13.4. The molecule has 2 aliphatic carbocycles. The molecule has 2 atom stereocenters. The maximum Gasteiger partial charge on any atom is 0.0697 e. The highest BCUT2D eigenvalue weighted by Crippen LogP contribution is 2.53. The van der Waals surface area contributed by atoms with Crippen LogP contribution in [0.15, 0.2) is 186 Å². The number of allylic oxidation sites excluding steroid dienone is 6. The molecular weight excluding hydrogens is 713 g/mol. The van der Waals surface area contributed by atoms with Crippen molar-refractivity contribution in [3.8, 4) is 27.9 Å². The summed E-state index contributed by atoms with van der Waals surface area (Å²) in [7, 11) is 0. The van der Waals surface area contributed by atoms with Crippen LogP contribution in [0.5, 0.6) is 0 Å². The number of nitrogens with zero attached hydrogens (tertiary/aromatic N) is 2. The van der Waals surface area contributed by atoms with Crippen molar-refractivity contribution in [3.05, 3.63) is 203 Å². The molecule has 0 saturated carbocycles. The van der Waals surface area contributed by atoms with E-state index in [2.05, 4.69) is 203 Å². The Morgan fingerprint density at radius 2 is 1.42 bits per heavy atom. The largest absolute Gasteiger partial charge is 0.309 e. The van der Waals surface area contributed by atoms with Crippen LogP contribution in [0.1, 0.15) is 82.6 Å². The van der Waals surface area contributed by atoms with Gasteiger partial charge < -0.3 is 4.57 Å². The van der Waals surface area contributed by atoms with Gasteiger partial charge in [-0.15, -0.1) is 0 Å². The van der Waals surface area contributed by atoms with E-state index < -0.39 is 0 Å². The third-order valence-electron chi connectivity index (χ3n) is 13.4. The van der Waals surface area contributed by atoms with Crippen LogP contribution in [0.4, 0.5) is 0 Å². The van der Waals surface area contributed by atoms with Gasteiger partial charge in [-0.25, -0.2) is 0 Å². The Morgan fingerprint density at radius 1 is 0.695 bits per heavy atom. The lowest BCUT2D eigenvalue weighted by Gasteiger charge is -2.29. The summed E-state index contributed by atoms with van der Waals surface area (Å²) in [5, 5.41) is 2.65. The smallest absolute Gasteiger partial charge is 0.0697 e. The fourth-order valence-corrected chi connectivity index (χ4v) is 10.4. The molecule has 0 amide bonds. The molecule has 1 aromatic heterocycles.